The van der Waals surface area contributed by atoms with Gasteiger partial charge in [-0.1, -0.05) is 6.92 Å². The summed E-state index contributed by atoms with van der Waals surface area (Å²) in [5, 5.41) is 9.21. The van der Waals surface area contributed by atoms with Crippen molar-refractivity contribution < 1.29 is 14.7 Å². The van der Waals surface area contributed by atoms with E-state index in [-0.39, 0.29) is 11.9 Å². The van der Waals surface area contributed by atoms with Crippen LogP contribution < -0.4 is 0 Å². The van der Waals surface area contributed by atoms with Gasteiger partial charge in [-0.2, -0.15) is 0 Å². The average molecular weight is 256 g/mol. The molecule has 1 N–H and O–H groups in total. The van der Waals surface area contributed by atoms with E-state index in [1.165, 1.54) is 0 Å². The summed E-state index contributed by atoms with van der Waals surface area (Å²) in [6.07, 6.45) is 2.99. The van der Waals surface area contributed by atoms with Crippen LogP contribution in [-0.4, -0.2) is 60.0 Å². The van der Waals surface area contributed by atoms with Gasteiger partial charge in [0, 0.05) is 20.5 Å². The summed E-state index contributed by atoms with van der Waals surface area (Å²) in [4.78, 5) is 26.2. The van der Waals surface area contributed by atoms with Gasteiger partial charge in [0.15, 0.2) is 0 Å². The zero-order chi connectivity index (χ0) is 13.7. The minimum Gasteiger partial charge on any atom is -0.480 e. The van der Waals surface area contributed by atoms with Crippen molar-refractivity contribution in [3.8, 4) is 0 Å². The Morgan fingerprint density at radius 3 is 2.61 bits per heavy atom. The van der Waals surface area contributed by atoms with Gasteiger partial charge in [-0.15, -0.1) is 0 Å². The monoisotopic (exact) mass is 256 g/mol. The highest BCUT2D eigenvalue weighted by atomic mass is 16.4. The summed E-state index contributed by atoms with van der Waals surface area (Å²) in [5.74, 6) is -0.154. The number of aliphatic carboxylic acids is 1. The number of rotatable bonds is 5. The van der Waals surface area contributed by atoms with Crippen molar-refractivity contribution in [3.05, 3.63) is 0 Å². The van der Waals surface area contributed by atoms with E-state index < -0.39 is 5.97 Å². The molecule has 1 rings (SSSR count). The molecule has 1 aliphatic rings. The molecule has 0 bridgehead atoms. The Balaban J connectivity index is 2.40. The molecule has 1 saturated heterocycles. The van der Waals surface area contributed by atoms with Crippen molar-refractivity contribution in [1.29, 1.82) is 0 Å². The molecule has 1 heterocycles. The molecule has 5 nitrogen and oxygen atoms in total. The Labute approximate surface area is 109 Å². The van der Waals surface area contributed by atoms with E-state index in [1.54, 1.807) is 19.0 Å². The topological polar surface area (TPSA) is 60.9 Å². The molecule has 1 aliphatic heterocycles. The van der Waals surface area contributed by atoms with E-state index in [4.69, 9.17) is 0 Å². The molecule has 104 valence electrons. The highest BCUT2D eigenvalue weighted by molar-refractivity contribution is 5.75. The third-order valence-corrected chi connectivity index (χ3v) is 3.60. The van der Waals surface area contributed by atoms with E-state index in [9.17, 15) is 14.7 Å². The van der Waals surface area contributed by atoms with Crippen molar-refractivity contribution in [2.45, 2.75) is 38.6 Å². The van der Waals surface area contributed by atoms with Gasteiger partial charge in [-0.05, 0) is 38.3 Å². The molecule has 0 saturated carbocycles. The quantitative estimate of drug-likeness (QED) is 0.798. The average Bonchev–Trinajstić information content (AvgIpc) is 2.30. The number of nitrogens with zero attached hydrogens (tertiary/aromatic N) is 2. The van der Waals surface area contributed by atoms with E-state index in [1.807, 2.05) is 4.90 Å². The molecule has 2 unspecified atom stereocenters. The molecule has 18 heavy (non-hydrogen) atoms. The smallest absolute Gasteiger partial charge is 0.320 e. The van der Waals surface area contributed by atoms with Gasteiger partial charge in [0.1, 0.15) is 6.04 Å². The molecule has 1 amide bonds. The van der Waals surface area contributed by atoms with Crippen LogP contribution in [0.15, 0.2) is 0 Å². The molecule has 2 atom stereocenters. The normalized spacial score (nSPS) is 24.8. The summed E-state index contributed by atoms with van der Waals surface area (Å²) >= 11 is 0. The van der Waals surface area contributed by atoms with Crippen LogP contribution in [0.5, 0.6) is 0 Å². The van der Waals surface area contributed by atoms with Gasteiger partial charge in [0.2, 0.25) is 5.91 Å². The molecule has 0 aliphatic carbocycles. The molecular weight excluding hydrogens is 232 g/mol. The predicted molar refractivity (Wildman–Crippen MR) is 69.3 cm³/mol. The lowest BCUT2D eigenvalue weighted by molar-refractivity contribution is -0.145. The van der Waals surface area contributed by atoms with Crippen LogP contribution in [0, 0.1) is 5.92 Å². The molecule has 5 heteroatoms. The molecular formula is C13H24N2O3. The van der Waals surface area contributed by atoms with Gasteiger partial charge >= 0.3 is 5.97 Å². The number of carbonyl (C=O) groups is 2. The lowest BCUT2D eigenvalue weighted by atomic mass is 9.92. The summed E-state index contributed by atoms with van der Waals surface area (Å²) in [7, 11) is 3.48. The zero-order valence-electron chi connectivity index (χ0n) is 11.6. The largest absolute Gasteiger partial charge is 0.480 e. The summed E-state index contributed by atoms with van der Waals surface area (Å²) < 4.78 is 0. The van der Waals surface area contributed by atoms with Crippen LogP contribution >= 0.6 is 0 Å². The SMILES string of the molecule is CC1CCN(CCCC(=O)N(C)C)C(C(=O)O)C1. The minimum absolute atomic E-state index is 0.104. The lowest BCUT2D eigenvalue weighted by Crippen LogP contribution is -2.47. The van der Waals surface area contributed by atoms with Crippen LogP contribution in [0.2, 0.25) is 0 Å². The van der Waals surface area contributed by atoms with Gasteiger partial charge in [-0.3, -0.25) is 14.5 Å². The maximum Gasteiger partial charge on any atom is 0.320 e. The first-order valence-corrected chi connectivity index (χ1v) is 6.58. The maximum absolute atomic E-state index is 11.4. The third-order valence-electron chi connectivity index (χ3n) is 3.60. The number of likely N-dealkylation sites (tertiary alicyclic amines) is 1. The Hall–Kier alpha value is -1.10. The summed E-state index contributed by atoms with van der Waals surface area (Å²) in [5.41, 5.74) is 0. The van der Waals surface area contributed by atoms with E-state index in [0.29, 0.717) is 18.9 Å². The first kappa shape index (κ1) is 15.0. The second kappa shape index (κ2) is 6.73. The van der Waals surface area contributed by atoms with Gasteiger partial charge in [-0.25, -0.2) is 0 Å². The molecule has 0 radical (unpaired) electrons. The minimum atomic E-state index is -0.736. The lowest BCUT2D eigenvalue weighted by Gasteiger charge is -2.35. The van der Waals surface area contributed by atoms with Crippen molar-refractivity contribution in [1.82, 2.24) is 9.80 Å². The summed E-state index contributed by atoms with van der Waals surface area (Å²) in [6.45, 7) is 3.63. The van der Waals surface area contributed by atoms with E-state index in [2.05, 4.69) is 6.92 Å². The van der Waals surface area contributed by atoms with E-state index >= 15 is 0 Å². The molecule has 0 aromatic rings. The second-order valence-electron chi connectivity index (χ2n) is 5.41. The molecule has 0 spiro atoms. The van der Waals surface area contributed by atoms with Gasteiger partial charge in [0.05, 0.1) is 0 Å². The van der Waals surface area contributed by atoms with E-state index in [0.717, 1.165) is 25.8 Å². The Kier molecular flexibility index (Phi) is 5.59. The first-order valence-electron chi connectivity index (χ1n) is 6.58. The van der Waals surface area contributed by atoms with Crippen LogP contribution in [-0.2, 0) is 9.59 Å². The fourth-order valence-corrected chi connectivity index (χ4v) is 2.37. The second-order valence-corrected chi connectivity index (χ2v) is 5.41. The number of hydrogen-bond donors (Lipinski definition) is 1. The number of carboxylic acids is 1. The zero-order valence-corrected chi connectivity index (χ0v) is 11.6. The van der Waals surface area contributed by atoms with Gasteiger partial charge < -0.3 is 10.0 Å². The first-order chi connectivity index (χ1) is 8.41. The fourth-order valence-electron chi connectivity index (χ4n) is 2.37. The number of hydrogen-bond acceptors (Lipinski definition) is 3. The van der Waals surface area contributed by atoms with Crippen LogP contribution in [0.4, 0.5) is 0 Å². The molecule has 0 aromatic heterocycles. The summed E-state index contributed by atoms with van der Waals surface area (Å²) in [6, 6.07) is -0.372. The fraction of sp³-hybridized carbons (Fsp3) is 0.846. The van der Waals surface area contributed by atoms with Crippen LogP contribution in [0.1, 0.15) is 32.6 Å². The van der Waals surface area contributed by atoms with Crippen molar-refractivity contribution in [3.63, 3.8) is 0 Å². The predicted octanol–water partition coefficient (Wildman–Crippen LogP) is 1.04. The van der Waals surface area contributed by atoms with Crippen molar-refractivity contribution in [2.75, 3.05) is 27.2 Å². The number of carboxylic acid groups (broad SMARTS) is 1. The third kappa shape index (κ3) is 4.29. The van der Waals surface area contributed by atoms with Crippen molar-refractivity contribution in [2.24, 2.45) is 5.92 Å². The van der Waals surface area contributed by atoms with Gasteiger partial charge in [0.25, 0.3) is 0 Å². The molecule has 0 aromatic carbocycles. The number of piperidine rings is 1. The van der Waals surface area contributed by atoms with Crippen LogP contribution in [0.3, 0.4) is 0 Å². The Bertz CT molecular complexity index is 305. The highest BCUT2D eigenvalue weighted by Gasteiger charge is 2.31. The van der Waals surface area contributed by atoms with Crippen molar-refractivity contribution >= 4 is 11.9 Å². The standard InChI is InChI=1S/C13H24N2O3/c1-10-6-8-15(11(9-10)13(17)18)7-4-5-12(16)14(2)3/h10-11H,4-9H2,1-3H3,(H,17,18). The molecule has 1 fully saturated rings. The van der Waals surface area contributed by atoms with Crippen LogP contribution in [0.25, 0.3) is 0 Å². The number of carbonyl (C=O) groups excluding carboxylic acids is 1. The Morgan fingerprint density at radius 2 is 2.06 bits per heavy atom. The Morgan fingerprint density at radius 1 is 1.39 bits per heavy atom. The maximum atomic E-state index is 11.4. The number of amides is 1. The highest BCUT2D eigenvalue weighted by Crippen LogP contribution is 2.22.